The predicted molar refractivity (Wildman–Crippen MR) is 61.4 cm³/mol. The second-order valence-corrected chi connectivity index (χ2v) is 3.27. The van der Waals surface area contributed by atoms with E-state index in [9.17, 15) is 0 Å². The van der Waals surface area contributed by atoms with Crippen molar-refractivity contribution in [1.82, 2.24) is 5.64 Å². The molecule has 2 aromatic rings. The van der Waals surface area contributed by atoms with E-state index >= 15 is 0 Å². The fourth-order valence-electron chi connectivity index (χ4n) is 1.25. The summed E-state index contributed by atoms with van der Waals surface area (Å²) in [7, 11) is 0. The third kappa shape index (κ3) is 3.38. The first-order chi connectivity index (χ1) is 7.95. The molecule has 0 saturated carbocycles. The van der Waals surface area contributed by atoms with Gasteiger partial charge in [-0.05, 0) is 23.3 Å². The summed E-state index contributed by atoms with van der Waals surface area (Å²) in [6.45, 7) is 0.466. The minimum atomic E-state index is 0.466. The van der Waals surface area contributed by atoms with Gasteiger partial charge in [0.05, 0.1) is 6.61 Å². The molecule has 0 radical (unpaired) electrons. The molecule has 0 fully saturated rings. The molecule has 16 heavy (non-hydrogen) atoms. The fraction of sp³-hybridized carbons (Fsp3) is 0.0769. The average Bonchev–Trinajstić information content (AvgIpc) is 2.37. The Morgan fingerprint density at radius 1 is 0.812 bits per heavy atom. The van der Waals surface area contributed by atoms with E-state index in [0.717, 1.165) is 11.3 Å². The second-order valence-electron chi connectivity index (χ2n) is 3.27. The van der Waals surface area contributed by atoms with Crippen LogP contribution in [0.1, 0.15) is 5.56 Å². The molecule has 0 saturated heterocycles. The van der Waals surface area contributed by atoms with Gasteiger partial charge in [0, 0.05) is 0 Å². The molecule has 0 heterocycles. The van der Waals surface area contributed by atoms with Gasteiger partial charge < -0.3 is 4.84 Å². The first-order valence-electron chi connectivity index (χ1n) is 5.08. The van der Waals surface area contributed by atoms with Crippen LogP contribution in [0.3, 0.4) is 0 Å². The van der Waals surface area contributed by atoms with E-state index < -0.39 is 0 Å². The van der Waals surface area contributed by atoms with Gasteiger partial charge in [-0.3, -0.25) is 4.84 Å². The standard InChI is InChI=1S/C13H13NO2/c1-3-7-12(8-4-1)11-15-14-16-13-9-5-2-6-10-13/h1-10,14H,11H2. The SMILES string of the molecule is c1ccc(CONOc2ccccc2)cc1. The lowest BCUT2D eigenvalue weighted by atomic mass is 10.2. The van der Waals surface area contributed by atoms with Gasteiger partial charge in [-0.2, -0.15) is 0 Å². The van der Waals surface area contributed by atoms with Crippen molar-refractivity contribution in [3.63, 3.8) is 0 Å². The summed E-state index contributed by atoms with van der Waals surface area (Å²) >= 11 is 0. The minimum Gasteiger partial charge on any atom is -0.383 e. The number of hydrogen-bond acceptors (Lipinski definition) is 3. The molecule has 0 aliphatic rings. The monoisotopic (exact) mass is 215 g/mol. The highest BCUT2D eigenvalue weighted by molar-refractivity contribution is 5.20. The van der Waals surface area contributed by atoms with Crippen molar-refractivity contribution in [2.75, 3.05) is 0 Å². The van der Waals surface area contributed by atoms with Crippen molar-refractivity contribution in [3.05, 3.63) is 66.2 Å². The first kappa shape index (κ1) is 10.7. The Balaban J connectivity index is 1.70. The number of rotatable bonds is 5. The predicted octanol–water partition coefficient (Wildman–Crippen LogP) is 2.70. The Bertz CT molecular complexity index is 361. The molecule has 0 unspecified atom stereocenters. The molecule has 0 aliphatic heterocycles. The molecule has 0 spiro atoms. The lowest BCUT2D eigenvalue weighted by Crippen LogP contribution is -2.18. The van der Waals surface area contributed by atoms with Crippen molar-refractivity contribution >= 4 is 0 Å². The molecule has 2 rings (SSSR count). The zero-order valence-corrected chi connectivity index (χ0v) is 8.80. The Morgan fingerprint density at radius 2 is 1.44 bits per heavy atom. The molecule has 2 aromatic carbocycles. The van der Waals surface area contributed by atoms with E-state index in [1.165, 1.54) is 0 Å². The van der Waals surface area contributed by atoms with E-state index in [4.69, 9.17) is 9.68 Å². The van der Waals surface area contributed by atoms with E-state index in [1.54, 1.807) is 0 Å². The van der Waals surface area contributed by atoms with Crippen LogP contribution in [0.4, 0.5) is 0 Å². The van der Waals surface area contributed by atoms with Crippen LogP contribution in [0, 0.1) is 0 Å². The van der Waals surface area contributed by atoms with Gasteiger partial charge in [0.15, 0.2) is 0 Å². The molecule has 3 nitrogen and oxygen atoms in total. The molecule has 0 amide bonds. The van der Waals surface area contributed by atoms with Crippen LogP contribution >= 0.6 is 0 Å². The van der Waals surface area contributed by atoms with Gasteiger partial charge in [-0.25, -0.2) is 0 Å². The van der Waals surface area contributed by atoms with Gasteiger partial charge in [0.25, 0.3) is 0 Å². The maximum Gasteiger partial charge on any atom is 0.150 e. The maximum atomic E-state index is 5.16. The van der Waals surface area contributed by atoms with Crippen molar-refractivity contribution in [2.24, 2.45) is 0 Å². The third-order valence-electron chi connectivity index (χ3n) is 2.04. The fourth-order valence-corrected chi connectivity index (χ4v) is 1.25. The molecule has 0 aromatic heterocycles. The zero-order chi connectivity index (χ0) is 11.1. The van der Waals surface area contributed by atoms with Crippen molar-refractivity contribution in [3.8, 4) is 5.75 Å². The molecule has 0 bridgehead atoms. The summed E-state index contributed by atoms with van der Waals surface area (Å²) in [6, 6.07) is 19.3. The summed E-state index contributed by atoms with van der Waals surface area (Å²) in [4.78, 5) is 10.3. The van der Waals surface area contributed by atoms with Gasteiger partial charge >= 0.3 is 0 Å². The normalized spacial score (nSPS) is 10.0. The number of hydrogen-bond donors (Lipinski definition) is 1. The highest BCUT2D eigenvalue weighted by Gasteiger charge is 1.92. The Hall–Kier alpha value is -1.84. The quantitative estimate of drug-likeness (QED) is 0.614. The van der Waals surface area contributed by atoms with Crippen LogP contribution in [0.2, 0.25) is 0 Å². The van der Waals surface area contributed by atoms with Crippen molar-refractivity contribution in [2.45, 2.75) is 6.61 Å². The summed E-state index contributed by atoms with van der Waals surface area (Å²) in [5.41, 5.74) is 3.54. The average molecular weight is 215 g/mol. The van der Waals surface area contributed by atoms with Crippen LogP contribution in [0.5, 0.6) is 5.75 Å². The molecule has 82 valence electrons. The summed E-state index contributed by atoms with van der Waals surface area (Å²) in [6.07, 6.45) is 0. The second kappa shape index (κ2) is 5.90. The molecular formula is C13H13NO2. The molecule has 1 N–H and O–H groups in total. The van der Waals surface area contributed by atoms with Gasteiger partial charge in [-0.1, -0.05) is 48.5 Å². The third-order valence-corrected chi connectivity index (χ3v) is 2.04. The van der Waals surface area contributed by atoms with E-state index in [1.807, 2.05) is 60.7 Å². The molecule has 0 atom stereocenters. The lowest BCUT2D eigenvalue weighted by Gasteiger charge is -2.06. The molecule has 0 aliphatic carbocycles. The molecular weight excluding hydrogens is 202 g/mol. The Kier molecular flexibility index (Phi) is 3.94. The van der Waals surface area contributed by atoms with Crippen LogP contribution in [0.25, 0.3) is 0 Å². The minimum absolute atomic E-state index is 0.466. The maximum absolute atomic E-state index is 5.16. The van der Waals surface area contributed by atoms with Crippen LogP contribution in [0.15, 0.2) is 60.7 Å². The van der Waals surface area contributed by atoms with Crippen molar-refractivity contribution < 1.29 is 9.68 Å². The highest BCUT2D eigenvalue weighted by Crippen LogP contribution is 2.06. The Morgan fingerprint density at radius 3 is 2.12 bits per heavy atom. The topological polar surface area (TPSA) is 30.5 Å². The first-order valence-corrected chi connectivity index (χ1v) is 5.08. The van der Waals surface area contributed by atoms with Gasteiger partial charge in [0.1, 0.15) is 5.75 Å². The number of nitrogens with one attached hydrogen (secondary N) is 1. The van der Waals surface area contributed by atoms with Gasteiger partial charge in [0.2, 0.25) is 0 Å². The summed E-state index contributed by atoms with van der Waals surface area (Å²) in [5, 5.41) is 0. The van der Waals surface area contributed by atoms with E-state index in [-0.39, 0.29) is 0 Å². The number of para-hydroxylation sites is 1. The zero-order valence-electron chi connectivity index (χ0n) is 8.80. The molecule has 3 heteroatoms. The number of benzene rings is 2. The van der Waals surface area contributed by atoms with Crippen LogP contribution < -0.4 is 10.5 Å². The smallest absolute Gasteiger partial charge is 0.150 e. The summed E-state index contributed by atoms with van der Waals surface area (Å²) < 4.78 is 0. The summed E-state index contributed by atoms with van der Waals surface area (Å²) in [5.74, 6) is 0.718. The lowest BCUT2D eigenvalue weighted by molar-refractivity contribution is -0.116. The van der Waals surface area contributed by atoms with E-state index in [2.05, 4.69) is 5.64 Å². The van der Waals surface area contributed by atoms with Gasteiger partial charge in [-0.15, -0.1) is 0 Å². The van der Waals surface area contributed by atoms with Crippen LogP contribution in [-0.4, -0.2) is 0 Å². The Labute approximate surface area is 94.5 Å². The highest BCUT2D eigenvalue weighted by atomic mass is 16.9. The largest absolute Gasteiger partial charge is 0.383 e. The van der Waals surface area contributed by atoms with Crippen LogP contribution in [-0.2, 0) is 11.4 Å². The van der Waals surface area contributed by atoms with Crippen molar-refractivity contribution in [1.29, 1.82) is 0 Å². The van der Waals surface area contributed by atoms with E-state index in [0.29, 0.717) is 6.61 Å².